The minimum Gasteiger partial charge on any atom is -0.381 e. The van der Waals surface area contributed by atoms with Gasteiger partial charge < -0.3 is 15.0 Å². The van der Waals surface area contributed by atoms with Gasteiger partial charge in [-0.25, -0.2) is 28.1 Å². The van der Waals surface area contributed by atoms with Crippen molar-refractivity contribution in [3.63, 3.8) is 0 Å². The van der Waals surface area contributed by atoms with E-state index in [0.29, 0.717) is 29.0 Å². The summed E-state index contributed by atoms with van der Waals surface area (Å²) in [5, 5.41) is 3.96. The molecule has 2 saturated heterocycles. The standard InChI is InChI=1S/C23H24F3N5O/c1-12(16-4-3-5-17(21(16)24)22(25)26)28-23-18-6-20(27-7-19(18)29-13(2)30-23)31-8-14-10-32-11-15(14)9-31/h3-7,12,14-15,22H,8-11H2,1-2H3,(H,28,29,30)/t12?,14-,15+. The van der Waals surface area contributed by atoms with Crippen LogP contribution in [-0.2, 0) is 4.74 Å². The summed E-state index contributed by atoms with van der Waals surface area (Å²) in [5.41, 5.74) is 0.226. The molecule has 6 nitrogen and oxygen atoms in total. The van der Waals surface area contributed by atoms with Gasteiger partial charge in [-0.1, -0.05) is 18.2 Å². The molecular weight excluding hydrogens is 419 g/mol. The molecular formula is C23H24F3N5O. The Labute approximate surface area is 183 Å². The second-order valence-electron chi connectivity index (χ2n) is 8.56. The van der Waals surface area contributed by atoms with Gasteiger partial charge in [0.1, 0.15) is 23.3 Å². The first-order valence-electron chi connectivity index (χ1n) is 10.7. The highest BCUT2D eigenvalue weighted by Gasteiger charge is 2.37. The van der Waals surface area contributed by atoms with Crippen LogP contribution in [0.25, 0.3) is 10.9 Å². The summed E-state index contributed by atoms with van der Waals surface area (Å²) in [6, 6.07) is 5.42. The van der Waals surface area contributed by atoms with Crippen molar-refractivity contribution in [3.8, 4) is 0 Å². The quantitative estimate of drug-likeness (QED) is 0.619. The van der Waals surface area contributed by atoms with Crippen LogP contribution in [0.4, 0.5) is 24.8 Å². The van der Waals surface area contributed by atoms with E-state index >= 15 is 0 Å². The molecule has 1 unspecified atom stereocenters. The fraction of sp³-hybridized carbons (Fsp3) is 0.435. The molecule has 0 bridgehead atoms. The highest BCUT2D eigenvalue weighted by molar-refractivity contribution is 5.90. The molecule has 5 rings (SSSR count). The van der Waals surface area contributed by atoms with Crippen molar-refractivity contribution in [3.05, 3.63) is 53.2 Å². The largest absolute Gasteiger partial charge is 0.381 e. The van der Waals surface area contributed by atoms with Gasteiger partial charge >= 0.3 is 0 Å². The van der Waals surface area contributed by atoms with E-state index in [9.17, 15) is 13.2 Å². The zero-order valence-corrected chi connectivity index (χ0v) is 17.9. The van der Waals surface area contributed by atoms with Gasteiger partial charge in [-0.2, -0.15) is 0 Å². The van der Waals surface area contributed by atoms with E-state index in [2.05, 4.69) is 25.2 Å². The van der Waals surface area contributed by atoms with Crippen molar-refractivity contribution in [2.75, 3.05) is 36.5 Å². The molecule has 0 amide bonds. The summed E-state index contributed by atoms with van der Waals surface area (Å²) in [6.07, 6.45) is -1.15. The number of hydrogen-bond acceptors (Lipinski definition) is 6. The van der Waals surface area contributed by atoms with Crippen LogP contribution in [0.5, 0.6) is 0 Å². The Hall–Kier alpha value is -2.94. The number of fused-ring (bicyclic) bond motifs is 2. The Balaban J connectivity index is 1.47. The lowest BCUT2D eigenvalue weighted by Crippen LogP contribution is -2.23. The van der Waals surface area contributed by atoms with Gasteiger partial charge in [0.2, 0.25) is 0 Å². The summed E-state index contributed by atoms with van der Waals surface area (Å²) < 4.78 is 46.5. The van der Waals surface area contributed by atoms with Crippen molar-refractivity contribution < 1.29 is 17.9 Å². The molecule has 2 aliphatic rings. The average Bonchev–Trinajstić information content (AvgIpc) is 3.35. The van der Waals surface area contributed by atoms with Gasteiger partial charge in [0.05, 0.1) is 36.5 Å². The van der Waals surface area contributed by atoms with Crippen LogP contribution in [0.15, 0.2) is 30.5 Å². The topological polar surface area (TPSA) is 63.2 Å². The van der Waals surface area contributed by atoms with Gasteiger partial charge in [-0.15, -0.1) is 0 Å². The predicted octanol–water partition coefficient (Wildman–Crippen LogP) is 4.67. The SMILES string of the molecule is Cc1nc(NC(C)c2cccc(C(F)F)c2F)c2cc(N3C[C@H]4COC[C@H]4C3)ncc2n1. The van der Waals surface area contributed by atoms with Crippen molar-refractivity contribution >= 4 is 22.5 Å². The molecule has 2 aromatic heterocycles. The number of nitrogens with zero attached hydrogens (tertiary/aromatic N) is 4. The highest BCUT2D eigenvalue weighted by Crippen LogP contribution is 2.34. The molecule has 3 atom stereocenters. The number of hydrogen-bond donors (Lipinski definition) is 1. The van der Waals surface area contributed by atoms with Crippen LogP contribution in [0, 0.1) is 24.6 Å². The molecule has 1 N–H and O–H groups in total. The van der Waals surface area contributed by atoms with E-state index in [4.69, 9.17) is 4.74 Å². The normalized spacial score (nSPS) is 21.4. The van der Waals surface area contributed by atoms with E-state index in [1.807, 2.05) is 6.07 Å². The summed E-state index contributed by atoms with van der Waals surface area (Å²) in [6.45, 7) is 6.83. The second-order valence-corrected chi connectivity index (χ2v) is 8.56. The number of nitrogens with one attached hydrogen (secondary N) is 1. The molecule has 168 valence electrons. The number of alkyl halides is 2. The molecule has 0 aliphatic carbocycles. The average molecular weight is 443 g/mol. The van der Waals surface area contributed by atoms with E-state index < -0.39 is 23.8 Å². The molecule has 4 heterocycles. The molecule has 9 heteroatoms. The lowest BCUT2D eigenvalue weighted by Gasteiger charge is -2.21. The van der Waals surface area contributed by atoms with E-state index in [1.54, 1.807) is 20.0 Å². The smallest absolute Gasteiger partial charge is 0.266 e. The second kappa shape index (κ2) is 8.20. The Morgan fingerprint density at radius 3 is 2.56 bits per heavy atom. The summed E-state index contributed by atoms with van der Waals surface area (Å²) >= 11 is 0. The number of aromatic nitrogens is 3. The van der Waals surface area contributed by atoms with Gasteiger partial charge in [-0.3, -0.25) is 0 Å². The van der Waals surface area contributed by atoms with Gasteiger partial charge in [0.25, 0.3) is 6.43 Å². The number of pyridine rings is 1. The van der Waals surface area contributed by atoms with E-state index in [-0.39, 0.29) is 5.56 Å². The van der Waals surface area contributed by atoms with Crippen LogP contribution in [0.2, 0.25) is 0 Å². The molecule has 1 aromatic carbocycles. The lowest BCUT2D eigenvalue weighted by molar-refractivity contribution is 0.146. The van der Waals surface area contributed by atoms with Gasteiger partial charge in [-0.05, 0) is 19.9 Å². The maximum Gasteiger partial charge on any atom is 0.266 e. The zero-order valence-electron chi connectivity index (χ0n) is 17.9. The molecule has 0 spiro atoms. The van der Waals surface area contributed by atoms with Gasteiger partial charge in [0, 0.05) is 35.9 Å². The Morgan fingerprint density at radius 1 is 1.12 bits per heavy atom. The Morgan fingerprint density at radius 2 is 1.84 bits per heavy atom. The van der Waals surface area contributed by atoms with Crippen molar-refractivity contribution in [2.24, 2.45) is 11.8 Å². The third kappa shape index (κ3) is 3.74. The summed E-state index contributed by atoms with van der Waals surface area (Å²) in [4.78, 5) is 15.8. The lowest BCUT2D eigenvalue weighted by atomic mass is 10.0. The first-order valence-corrected chi connectivity index (χ1v) is 10.7. The van der Waals surface area contributed by atoms with Gasteiger partial charge in [0.15, 0.2) is 0 Å². The summed E-state index contributed by atoms with van der Waals surface area (Å²) in [5.74, 6) is 2.03. The fourth-order valence-electron chi connectivity index (χ4n) is 4.65. The number of aryl methyl sites for hydroxylation is 1. The zero-order chi connectivity index (χ0) is 22.4. The molecule has 0 radical (unpaired) electrons. The number of anilines is 2. The molecule has 0 saturated carbocycles. The maximum atomic E-state index is 14.7. The first-order chi connectivity index (χ1) is 15.4. The maximum absolute atomic E-state index is 14.7. The fourth-order valence-corrected chi connectivity index (χ4v) is 4.65. The van der Waals surface area contributed by atoms with Crippen LogP contribution in [0.3, 0.4) is 0 Å². The summed E-state index contributed by atoms with van der Waals surface area (Å²) in [7, 11) is 0. The van der Waals surface area contributed by atoms with Crippen LogP contribution in [-0.4, -0.2) is 41.3 Å². The highest BCUT2D eigenvalue weighted by atomic mass is 19.3. The number of ether oxygens (including phenoxy) is 1. The van der Waals surface area contributed by atoms with Crippen LogP contribution in [0.1, 0.15) is 36.3 Å². The number of benzene rings is 1. The molecule has 3 aromatic rings. The molecule has 2 fully saturated rings. The van der Waals surface area contributed by atoms with Crippen molar-refractivity contribution in [1.29, 1.82) is 0 Å². The number of halogens is 3. The third-order valence-electron chi connectivity index (χ3n) is 6.36. The Kier molecular flexibility index (Phi) is 5.36. The first kappa shape index (κ1) is 20.9. The number of rotatable bonds is 5. The molecule has 32 heavy (non-hydrogen) atoms. The monoisotopic (exact) mass is 443 g/mol. The Bertz CT molecular complexity index is 1150. The predicted molar refractivity (Wildman–Crippen MR) is 115 cm³/mol. The minimum atomic E-state index is -2.87. The van der Waals surface area contributed by atoms with Crippen molar-refractivity contribution in [1.82, 2.24) is 15.0 Å². The van der Waals surface area contributed by atoms with Crippen LogP contribution < -0.4 is 10.2 Å². The third-order valence-corrected chi connectivity index (χ3v) is 6.36. The van der Waals surface area contributed by atoms with Crippen LogP contribution >= 0.6 is 0 Å². The van der Waals surface area contributed by atoms with E-state index in [1.165, 1.54) is 12.1 Å². The minimum absolute atomic E-state index is 0.161. The van der Waals surface area contributed by atoms with E-state index in [0.717, 1.165) is 43.6 Å². The molecule has 2 aliphatic heterocycles. The van der Waals surface area contributed by atoms with Crippen molar-refractivity contribution in [2.45, 2.75) is 26.3 Å².